The lowest BCUT2D eigenvalue weighted by Gasteiger charge is -2.19. The zero-order valence-electron chi connectivity index (χ0n) is 15.1. The molecule has 1 unspecified atom stereocenters. The summed E-state index contributed by atoms with van der Waals surface area (Å²) in [6, 6.07) is 12.0. The fourth-order valence-corrected chi connectivity index (χ4v) is 3.53. The molecule has 0 bridgehead atoms. The molecule has 1 atom stereocenters. The topological polar surface area (TPSA) is 84.7 Å². The lowest BCUT2D eigenvalue weighted by molar-refractivity contribution is -0.384. The monoisotopic (exact) mass is 401 g/mol. The Labute approximate surface area is 167 Å². The van der Waals surface area contributed by atoms with Gasteiger partial charge in [0.25, 0.3) is 11.6 Å². The Hall–Kier alpha value is -2.80. The Morgan fingerprint density at radius 2 is 2.04 bits per heavy atom. The molecule has 0 aromatic heterocycles. The molecule has 1 heterocycles. The third-order valence-corrected chi connectivity index (χ3v) is 5.17. The highest BCUT2D eigenvalue weighted by Crippen LogP contribution is 2.33. The van der Waals surface area contributed by atoms with Gasteiger partial charge in [-0.05, 0) is 43.2 Å². The van der Waals surface area contributed by atoms with Gasteiger partial charge in [-0.15, -0.1) is 0 Å². The Bertz CT molecular complexity index is 916. The van der Waals surface area contributed by atoms with Gasteiger partial charge in [-0.1, -0.05) is 17.7 Å². The van der Waals surface area contributed by atoms with Gasteiger partial charge in [0, 0.05) is 35.7 Å². The van der Waals surface area contributed by atoms with Crippen LogP contribution in [0.2, 0.25) is 5.02 Å². The number of nitro groups is 1. The van der Waals surface area contributed by atoms with Crippen LogP contribution in [-0.4, -0.2) is 36.1 Å². The summed E-state index contributed by atoms with van der Waals surface area (Å²) in [7, 11) is 0. The zero-order chi connectivity index (χ0) is 19.7. The van der Waals surface area contributed by atoms with Gasteiger partial charge >= 0.3 is 0 Å². The maximum absolute atomic E-state index is 12.2. The second-order valence-corrected chi connectivity index (χ2v) is 7.58. The van der Waals surface area contributed by atoms with Crippen LogP contribution >= 0.6 is 11.6 Å². The zero-order valence-corrected chi connectivity index (χ0v) is 15.9. The van der Waals surface area contributed by atoms with E-state index in [1.54, 1.807) is 24.3 Å². The number of carbonyl (C=O) groups is 1. The van der Waals surface area contributed by atoms with Crippen LogP contribution in [0, 0.1) is 10.1 Å². The van der Waals surface area contributed by atoms with E-state index in [0.29, 0.717) is 35.1 Å². The van der Waals surface area contributed by atoms with Gasteiger partial charge in [-0.2, -0.15) is 0 Å². The Morgan fingerprint density at radius 3 is 2.75 bits per heavy atom. The van der Waals surface area contributed by atoms with Crippen molar-refractivity contribution < 1.29 is 14.5 Å². The lowest BCUT2D eigenvalue weighted by atomic mass is 10.1. The summed E-state index contributed by atoms with van der Waals surface area (Å²) >= 11 is 5.99. The maximum atomic E-state index is 12.2. The molecular weight excluding hydrogens is 382 g/mol. The van der Waals surface area contributed by atoms with Crippen molar-refractivity contribution in [2.24, 2.45) is 0 Å². The molecule has 1 amide bonds. The van der Waals surface area contributed by atoms with Gasteiger partial charge in [-0.25, -0.2) is 0 Å². The molecule has 8 heteroatoms. The second-order valence-electron chi connectivity index (χ2n) is 7.14. The fraction of sp³-hybridized carbons (Fsp3) is 0.350. The highest BCUT2D eigenvalue weighted by atomic mass is 35.5. The van der Waals surface area contributed by atoms with Crippen molar-refractivity contribution in [3.63, 3.8) is 0 Å². The van der Waals surface area contributed by atoms with E-state index in [-0.39, 0.29) is 23.7 Å². The third-order valence-electron chi connectivity index (χ3n) is 4.93. The number of nitrogens with zero attached hydrogens (tertiary/aromatic N) is 2. The number of benzene rings is 2. The first-order valence-electron chi connectivity index (χ1n) is 9.26. The lowest BCUT2D eigenvalue weighted by Crippen LogP contribution is -2.27. The summed E-state index contributed by atoms with van der Waals surface area (Å²) in [4.78, 5) is 25.3. The molecule has 28 heavy (non-hydrogen) atoms. The Balaban J connectivity index is 1.48. The Morgan fingerprint density at radius 1 is 1.21 bits per heavy atom. The number of ether oxygens (including phenoxy) is 1. The first kappa shape index (κ1) is 18.6. The first-order valence-corrected chi connectivity index (χ1v) is 9.64. The van der Waals surface area contributed by atoms with Crippen LogP contribution in [0.15, 0.2) is 42.5 Å². The van der Waals surface area contributed by atoms with Crippen molar-refractivity contribution in [1.82, 2.24) is 5.32 Å². The molecule has 1 aliphatic heterocycles. The normalized spacial score (nSPS) is 18.8. The summed E-state index contributed by atoms with van der Waals surface area (Å²) in [6.45, 7) is 1.17. The molecule has 1 saturated carbocycles. The molecule has 7 nitrogen and oxygen atoms in total. The number of anilines is 1. The molecule has 146 valence electrons. The average molecular weight is 402 g/mol. The Kier molecular flexibility index (Phi) is 5.09. The molecular formula is C20H20ClN3O4. The van der Waals surface area contributed by atoms with Gasteiger partial charge in [0.15, 0.2) is 0 Å². The van der Waals surface area contributed by atoms with E-state index in [0.717, 1.165) is 19.3 Å². The molecule has 2 aliphatic rings. The molecule has 2 fully saturated rings. The molecule has 1 saturated heterocycles. The molecule has 0 radical (unpaired) electrons. The smallest absolute Gasteiger partial charge is 0.293 e. The van der Waals surface area contributed by atoms with Crippen molar-refractivity contribution in [3.05, 3.63) is 63.2 Å². The molecule has 2 aromatic carbocycles. The number of halogens is 1. The number of hydrogen-bond acceptors (Lipinski definition) is 5. The van der Waals surface area contributed by atoms with E-state index in [1.807, 2.05) is 17.0 Å². The minimum absolute atomic E-state index is 0.0631. The number of nitro benzene ring substituents is 1. The van der Waals surface area contributed by atoms with Crippen LogP contribution in [0.5, 0.6) is 5.75 Å². The van der Waals surface area contributed by atoms with Crippen LogP contribution in [0.25, 0.3) is 0 Å². The van der Waals surface area contributed by atoms with Crippen molar-refractivity contribution in [2.45, 2.75) is 31.4 Å². The second kappa shape index (κ2) is 7.67. The van der Waals surface area contributed by atoms with Crippen molar-refractivity contribution in [1.29, 1.82) is 0 Å². The average Bonchev–Trinajstić information content (AvgIpc) is 3.36. The summed E-state index contributed by atoms with van der Waals surface area (Å²) in [5, 5.41) is 15.1. The van der Waals surface area contributed by atoms with E-state index < -0.39 is 4.92 Å². The van der Waals surface area contributed by atoms with Crippen molar-refractivity contribution in [2.75, 3.05) is 18.0 Å². The quantitative estimate of drug-likeness (QED) is 0.587. The van der Waals surface area contributed by atoms with E-state index in [4.69, 9.17) is 16.3 Å². The number of amides is 1. The standard InChI is InChI=1S/C20H20ClN3O4/c21-14-2-1-3-16(11-14)28-17-8-9-23(12-17)18-7-4-13(10-19(18)24(26)27)20(25)22-15-5-6-15/h1-4,7,10-11,15,17H,5-6,8-9,12H2,(H,22,25). The van der Waals surface area contributed by atoms with Crippen LogP contribution in [0.3, 0.4) is 0 Å². The number of nitrogens with one attached hydrogen (secondary N) is 1. The SMILES string of the molecule is O=C(NC1CC1)c1ccc(N2CCC(Oc3cccc(Cl)c3)C2)c([N+](=O)[O-])c1. The minimum Gasteiger partial charge on any atom is -0.488 e. The largest absolute Gasteiger partial charge is 0.488 e. The molecule has 4 rings (SSSR count). The highest BCUT2D eigenvalue weighted by Gasteiger charge is 2.30. The summed E-state index contributed by atoms with van der Waals surface area (Å²) < 4.78 is 5.96. The van der Waals surface area contributed by atoms with E-state index in [2.05, 4.69) is 5.32 Å². The number of hydrogen-bond donors (Lipinski definition) is 1. The molecule has 1 aliphatic carbocycles. The van der Waals surface area contributed by atoms with E-state index >= 15 is 0 Å². The predicted molar refractivity (Wildman–Crippen MR) is 106 cm³/mol. The van der Waals surface area contributed by atoms with Gasteiger partial charge in [-0.3, -0.25) is 14.9 Å². The van der Waals surface area contributed by atoms with Gasteiger partial charge < -0.3 is 15.0 Å². The molecule has 1 N–H and O–H groups in total. The third kappa shape index (κ3) is 4.20. The fourth-order valence-electron chi connectivity index (χ4n) is 3.35. The minimum atomic E-state index is -0.436. The predicted octanol–water partition coefficient (Wildman–Crippen LogP) is 3.80. The van der Waals surface area contributed by atoms with Crippen LogP contribution in [0.1, 0.15) is 29.6 Å². The summed E-state index contributed by atoms with van der Waals surface area (Å²) in [5.41, 5.74) is 0.755. The molecule has 2 aromatic rings. The van der Waals surface area contributed by atoms with Crippen molar-refractivity contribution >= 4 is 28.9 Å². The van der Waals surface area contributed by atoms with Crippen LogP contribution in [-0.2, 0) is 0 Å². The maximum Gasteiger partial charge on any atom is 0.293 e. The van der Waals surface area contributed by atoms with Crippen LogP contribution in [0.4, 0.5) is 11.4 Å². The first-order chi connectivity index (χ1) is 13.5. The van der Waals surface area contributed by atoms with Gasteiger partial charge in [0.2, 0.25) is 0 Å². The number of rotatable bonds is 6. The summed E-state index contributed by atoms with van der Waals surface area (Å²) in [5.74, 6) is 0.418. The van der Waals surface area contributed by atoms with Crippen molar-refractivity contribution in [3.8, 4) is 5.75 Å². The van der Waals surface area contributed by atoms with Gasteiger partial charge in [0.1, 0.15) is 17.5 Å². The summed E-state index contributed by atoms with van der Waals surface area (Å²) in [6.07, 6.45) is 2.59. The molecule has 0 spiro atoms. The van der Waals surface area contributed by atoms with E-state index in [1.165, 1.54) is 6.07 Å². The number of carbonyl (C=O) groups excluding carboxylic acids is 1. The van der Waals surface area contributed by atoms with Crippen LogP contribution < -0.4 is 15.0 Å². The van der Waals surface area contributed by atoms with E-state index in [9.17, 15) is 14.9 Å². The highest BCUT2D eigenvalue weighted by molar-refractivity contribution is 6.30. The van der Waals surface area contributed by atoms with Gasteiger partial charge in [0.05, 0.1) is 11.5 Å².